The largest absolute Gasteiger partial charge is 0.465 e. The highest BCUT2D eigenvalue weighted by molar-refractivity contribution is 6.74. The maximum Gasteiger partial charge on any atom is 0.337 e. The van der Waals surface area contributed by atoms with Crippen molar-refractivity contribution in [2.45, 2.75) is 45.5 Å². The van der Waals surface area contributed by atoms with Gasteiger partial charge in [-0.25, -0.2) is 9.59 Å². The first kappa shape index (κ1) is 19.4. The zero-order chi connectivity index (χ0) is 17.8. The van der Waals surface area contributed by atoms with Crippen LogP contribution in [0.4, 0.5) is 0 Å². The number of ether oxygens (including phenoxy) is 2. The van der Waals surface area contributed by atoms with Gasteiger partial charge >= 0.3 is 11.9 Å². The van der Waals surface area contributed by atoms with Crippen molar-refractivity contribution in [1.29, 1.82) is 0 Å². The van der Waals surface area contributed by atoms with E-state index in [1.807, 2.05) is 0 Å². The van der Waals surface area contributed by atoms with Crippen molar-refractivity contribution in [2.24, 2.45) is 0 Å². The van der Waals surface area contributed by atoms with Gasteiger partial charge in [-0.15, -0.1) is 0 Å². The summed E-state index contributed by atoms with van der Waals surface area (Å²) in [6.07, 6.45) is 0. The predicted octanol–water partition coefficient (Wildman–Crippen LogP) is 3.78. The van der Waals surface area contributed by atoms with Crippen molar-refractivity contribution in [3.8, 4) is 0 Å². The Morgan fingerprint density at radius 2 is 1.39 bits per heavy atom. The van der Waals surface area contributed by atoms with Crippen LogP contribution in [0.25, 0.3) is 0 Å². The zero-order valence-electron chi connectivity index (χ0n) is 15.0. The molecule has 0 aromatic heterocycles. The Morgan fingerprint density at radius 1 is 0.957 bits per heavy atom. The summed E-state index contributed by atoms with van der Waals surface area (Å²) in [7, 11) is 0.683. The van der Waals surface area contributed by atoms with Gasteiger partial charge in [0.25, 0.3) is 0 Å². The Bertz CT molecular complexity index is 553. The lowest BCUT2D eigenvalue weighted by Gasteiger charge is -2.36. The fraction of sp³-hybridized carbons (Fsp3) is 0.529. The van der Waals surface area contributed by atoms with E-state index in [2.05, 4.69) is 33.9 Å². The zero-order valence-corrected chi connectivity index (χ0v) is 16.0. The summed E-state index contributed by atoms with van der Waals surface area (Å²) in [5.41, 5.74) is 1.37. The number of rotatable bonds is 5. The maximum atomic E-state index is 11.8. The van der Waals surface area contributed by atoms with Crippen LogP contribution in [0, 0.1) is 0 Å². The first-order valence-electron chi connectivity index (χ1n) is 7.46. The number of benzene rings is 1. The minimum Gasteiger partial charge on any atom is -0.465 e. The molecule has 0 atom stereocenters. The van der Waals surface area contributed by atoms with Crippen molar-refractivity contribution in [3.05, 3.63) is 34.9 Å². The van der Waals surface area contributed by atoms with E-state index in [0.717, 1.165) is 5.56 Å². The van der Waals surface area contributed by atoms with Crippen molar-refractivity contribution in [1.82, 2.24) is 0 Å². The lowest BCUT2D eigenvalue weighted by molar-refractivity contribution is 0.0599. The highest BCUT2D eigenvalue weighted by atomic mass is 28.4. The average molecular weight is 338 g/mol. The molecular formula is C17H26O5Si. The molecular weight excluding hydrogens is 312 g/mol. The summed E-state index contributed by atoms with van der Waals surface area (Å²) < 4.78 is 15.6. The van der Waals surface area contributed by atoms with E-state index in [1.54, 1.807) is 12.1 Å². The van der Waals surface area contributed by atoms with E-state index >= 15 is 0 Å². The standard InChI is InChI=1S/C17H26O5Si/c1-17(2,3)23(6,7)22-11-12-8-13(15(18)20-4)10-14(9-12)16(19)21-5/h8-10H,11H2,1-7H3. The molecule has 0 fully saturated rings. The number of hydrogen-bond acceptors (Lipinski definition) is 5. The minimum atomic E-state index is -1.93. The fourth-order valence-electron chi connectivity index (χ4n) is 1.73. The molecule has 1 aromatic rings. The van der Waals surface area contributed by atoms with Gasteiger partial charge in [-0.05, 0) is 41.9 Å². The molecule has 0 N–H and O–H groups in total. The van der Waals surface area contributed by atoms with E-state index in [1.165, 1.54) is 20.3 Å². The van der Waals surface area contributed by atoms with Crippen LogP contribution in [0.15, 0.2) is 18.2 Å². The third kappa shape index (κ3) is 4.91. The van der Waals surface area contributed by atoms with Gasteiger partial charge in [-0.1, -0.05) is 20.8 Å². The summed E-state index contributed by atoms with van der Waals surface area (Å²) in [6.45, 7) is 11.1. The Balaban J connectivity index is 3.11. The number of carbonyl (C=O) groups excluding carboxylic acids is 2. The summed E-state index contributed by atoms with van der Waals surface area (Å²) in [6, 6.07) is 4.84. The van der Waals surface area contributed by atoms with Crippen molar-refractivity contribution >= 4 is 20.3 Å². The first-order valence-corrected chi connectivity index (χ1v) is 10.4. The Kier molecular flexibility index (Phi) is 6.13. The molecule has 1 rings (SSSR count). The molecule has 0 bridgehead atoms. The molecule has 5 nitrogen and oxygen atoms in total. The molecule has 0 unspecified atom stereocenters. The third-order valence-electron chi connectivity index (χ3n) is 4.24. The van der Waals surface area contributed by atoms with Crippen LogP contribution in [0.5, 0.6) is 0 Å². The maximum absolute atomic E-state index is 11.8. The summed E-state index contributed by atoms with van der Waals surface area (Å²) in [5.74, 6) is -0.992. The van der Waals surface area contributed by atoms with Gasteiger partial charge in [-0.3, -0.25) is 0 Å². The van der Waals surface area contributed by atoms with Crippen molar-refractivity contribution < 1.29 is 23.5 Å². The quantitative estimate of drug-likeness (QED) is 0.604. The third-order valence-corrected chi connectivity index (χ3v) is 8.72. The summed E-state index contributed by atoms with van der Waals surface area (Å²) in [4.78, 5) is 23.6. The second-order valence-corrected chi connectivity index (χ2v) is 11.8. The van der Waals surface area contributed by atoms with Gasteiger partial charge in [0, 0.05) is 0 Å². The Morgan fingerprint density at radius 3 is 1.74 bits per heavy atom. The van der Waals surface area contributed by atoms with E-state index < -0.39 is 20.3 Å². The van der Waals surface area contributed by atoms with Crippen molar-refractivity contribution in [2.75, 3.05) is 14.2 Å². The number of hydrogen-bond donors (Lipinski definition) is 0. The topological polar surface area (TPSA) is 61.8 Å². The van der Waals surface area contributed by atoms with Crippen molar-refractivity contribution in [3.63, 3.8) is 0 Å². The normalized spacial score (nSPS) is 12.0. The van der Waals surface area contributed by atoms with Crippen LogP contribution in [0.3, 0.4) is 0 Å². The van der Waals surface area contributed by atoms with Crippen LogP contribution < -0.4 is 0 Å². The van der Waals surface area contributed by atoms with E-state index in [9.17, 15) is 9.59 Å². The predicted molar refractivity (Wildman–Crippen MR) is 91.1 cm³/mol. The van der Waals surface area contributed by atoms with Crippen LogP contribution in [0.1, 0.15) is 47.1 Å². The Hall–Kier alpha value is -1.66. The van der Waals surface area contributed by atoms with Gasteiger partial charge < -0.3 is 13.9 Å². The molecule has 0 heterocycles. The summed E-state index contributed by atoms with van der Waals surface area (Å²) in [5, 5.41) is 0.0815. The van der Waals surface area contributed by atoms with Gasteiger partial charge in [0.1, 0.15) is 0 Å². The lowest BCUT2D eigenvalue weighted by atomic mass is 10.1. The van der Waals surface area contributed by atoms with Gasteiger partial charge in [0.15, 0.2) is 8.32 Å². The fourth-order valence-corrected chi connectivity index (χ4v) is 2.69. The van der Waals surface area contributed by atoms with Gasteiger partial charge in [-0.2, -0.15) is 0 Å². The van der Waals surface area contributed by atoms with Gasteiger partial charge in [0.2, 0.25) is 0 Å². The average Bonchev–Trinajstić information content (AvgIpc) is 2.49. The molecule has 23 heavy (non-hydrogen) atoms. The molecule has 0 radical (unpaired) electrons. The molecule has 0 aliphatic rings. The smallest absolute Gasteiger partial charge is 0.337 e. The molecule has 0 saturated heterocycles. The van der Waals surface area contributed by atoms with E-state index in [0.29, 0.717) is 17.7 Å². The minimum absolute atomic E-state index is 0.0815. The highest BCUT2D eigenvalue weighted by Crippen LogP contribution is 2.37. The molecule has 0 amide bonds. The molecule has 0 spiro atoms. The monoisotopic (exact) mass is 338 g/mol. The Labute approximate surface area is 139 Å². The molecule has 0 saturated carbocycles. The van der Waals surface area contributed by atoms with Crippen LogP contribution in [-0.2, 0) is 20.5 Å². The molecule has 128 valence electrons. The number of carbonyl (C=O) groups is 2. The first-order chi connectivity index (χ1) is 10.5. The number of esters is 2. The molecule has 0 aliphatic carbocycles. The second kappa shape index (κ2) is 7.27. The van der Waals surface area contributed by atoms with Crippen LogP contribution in [0.2, 0.25) is 18.1 Å². The second-order valence-electron chi connectivity index (χ2n) is 6.95. The van der Waals surface area contributed by atoms with Gasteiger partial charge in [0.05, 0.1) is 32.0 Å². The molecule has 0 aliphatic heterocycles. The highest BCUT2D eigenvalue weighted by Gasteiger charge is 2.37. The van der Waals surface area contributed by atoms with Crippen LogP contribution in [-0.4, -0.2) is 34.5 Å². The number of methoxy groups -OCH3 is 2. The molecule has 1 aromatic carbocycles. The van der Waals surface area contributed by atoms with Crippen LogP contribution >= 0.6 is 0 Å². The SMILES string of the molecule is COC(=O)c1cc(CO[Si](C)(C)C(C)(C)C)cc(C(=O)OC)c1. The lowest BCUT2D eigenvalue weighted by Crippen LogP contribution is -2.40. The van der Waals surface area contributed by atoms with E-state index in [4.69, 9.17) is 13.9 Å². The van der Waals surface area contributed by atoms with E-state index in [-0.39, 0.29) is 5.04 Å². The molecule has 6 heteroatoms. The summed E-state index contributed by atoms with van der Waals surface area (Å²) >= 11 is 0.